The Morgan fingerprint density at radius 3 is 2.30 bits per heavy atom. The van der Waals surface area contributed by atoms with Crippen LogP contribution in [0.25, 0.3) is 0 Å². The van der Waals surface area contributed by atoms with E-state index in [1.54, 1.807) is 12.1 Å². The first-order valence-electron chi connectivity index (χ1n) is 7.72. The van der Waals surface area contributed by atoms with Crippen molar-refractivity contribution < 1.29 is 17.9 Å². The molecule has 1 N–H and O–H groups in total. The Labute approximate surface area is 137 Å². The number of benzene rings is 1. The maximum Gasteiger partial charge on any atom is 0.226 e. The number of ether oxygens (including phenoxy) is 1. The van der Waals surface area contributed by atoms with Crippen LogP contribution in [0, 0.1) is 0 Å². The first-order chi connectivity index (χ1) is 10.8. The third-order valence-electron chi connectivity index (χ3n) is 3.75. The van der Waals surface area contributed by atoms with Crippen molar-refractivity contribution in [2.75, 3.05) is 26.0 Å². The highest BCUT2D eigenvalue weighted by Gasteiger charge is 2.24. The molecule has 23 heavy (non-hydrogen) atoms. The molecule has 6 nitrogen and oxygen atoms in total. The first kappa shape index (κ1) is 17.7. The van der Waals surface area contributed by atoms with Gasteiger partial charge in [-0.25, -0.2) is 8.42 Å². The molecular weight excluding hydrogens is 316 g/mol. The molecule has 1 aliphatic heterocycles. The summed E-state index contributed by atoms with van der Waals surface area (Å²) >= 11 is 0. The van der Waals surface area contributed by atoms with Crippen molar-refractivity contribution in [3.63, 3.8) is 0 Å². The lowest BCUT2D eigenvalue weighted by molar-refractivity contribution is -0.133. The molecule has 7 heteroatoms. The van der Waals surface area contributed by atoms with Crippen LogP contribution in [0.1, 0.15) is 20.3 Å². The molecule has 0 aromatic heterocycles. The van der Waals surface area contributed by atoms with Gasteiger partial charge in [-0.1, -0.05) is 0 Å². The number of piperazine rings is 1. The molecule has 128 valence electrons. The summed E-state index contributed by atoms with van der Waals surface area (Å²) in [6.45, 7) is 5.84. The molecule has 1 aromatic carbocycles. The summed E-state index contributed by atoms with van der Waals surface area (Å²) in [6, 6.07) is 6.82. The third-order valence-corrected chi connectivity index (χ3v) is 4.88. The Kier molecular flexibility index (Phi) is 5.64. The summed E-state index contributed by atoms with van der Waals surface area (Å²) < 4.78 is 28.3. The van der Waals surface area contributed by atoms with Crippen LogP contribution in [-0.2, 0) is 14.6 Å². The van der Waals surface area contributed by atoms with Crippen LogP contribution in [0.15, 0.2) is 29.2 Å². The van der Waals surface area contributed by atoms with Gasteiger partial charge in [0.2, 0.25) is 5.91 Å². The highest BCUT2D eigenvalue weighted by atomic mass is 32.2. The number of nitrogens with one attached hydrogen (secondary N) is 1. The van der Waals surface area contributed by atoms with Gasteiger partial charge < -0.3 is 15.0 Å². The molecule has 0 unspecified atom stereocenters. The average molecular weight is 340 g/mol. The van der Waals surface area contributed by atoms with E-state index in [9.17, 15) is 13.2 Å². The third kappa shape index (κ3) is 5.21. The minimum Gasteiger partial charge on any atom is -0.493 e. The predicted octanol–water partition coefficient (Wildman–Crippen LogP) is 1.07. The van der Waals surface area contributed by atoms with Crippen LogP contribution < -0.4 is 10.1 Å². The van der Waals surface area contributed by atoms with E-state index in [1.165, 1.54) is 12.1 Å². The van der Waals surface area contributed by atoms with E-state index >= 15 is 0 Å². The number of rotatable bonds is 5. The molecule has 0 saturated carbocycles. The second-order valence-corrected chi connectivity index (χ2v) is 8.13. The van der Waals surface area contributed by atoms with Crippen molar-refractivity contribution in [1.29, 1.82) is 0 Å². The maximum atomic E-state index is 12.2. The first-order valence-corrected chi connectivity index (χ1v) is 9.61. The van der Waals surface area contributed by atoms with Crippen LogP contribution in [0.2, 0.25) is 0 Å². The summed E-state index contributed by atoms with van der Waals surface area (Å²) in [4.78, 5) is 14.3. The summed E-state index contributed by atoms with van der Waals surface area (Å²) in [7, 11) is -3.20. The zero-order chi connectivity index (χ0) is 17.0. The van der Waals surface area contributed by atoms with Gasteiger partial charge in [0.05, 0.1) is 17.9 Å². The minimum absolute atomic E-state index is 0.0814. The monoisotopic (exact) mass is 340 g/mol. The van der Waals surface area contributed by atoms with Gasteiger partial charge in [-0.15, -0.1) is 0 Å². The molecule has 0 bridgehead atoms. The van der Waals surface area contributed by atoms with Crippen LogP contribution in [0.3, 0.4) is 0 Å². The molecule has 0 aliphatic carbocycles. The number of amides is 1. The number of hydrogen-bond donors (Lipinski definition) is 1. The lowest BCUT2D eigenvalue weighted by Gasteiger charge is -2.36. The fourth-order valence-corrected chi connectivity index (χ4v) is 3.36. The van der Waals surface area contributed by atoms with Gasteiger partial charge in [-0.2, -0.15) is 0 Å². The summed E-state index contributed by atoms with van der Waals surface area (Å²) in [5.74, 6) is 0.644. The summed E-state index contributed by atoms with van der Waals surface area (Å²) in [5, 5.41) is 3.39. The molecule has 1 fully saturated rings. The van der Waals surface area contributed by atoms with Gasteiger partial charge in [-0.05, 0) is 38.1 Å². The Bertz CT molecular complexity index is 633. The molecule has 0 radical (unpaired) electrons. The fourth-order valence-electron chi connectivity index (χ4n) is 2.73. The zero-order valence-electron chi connectivity index (χ0n) is 13.8. The number of sulfone groups is 1. The Morgan fingerprint density at radius 1 is 1.22 bits per heavy atom. The van der Waals surface area contributed by atoms with Crippen molar-refractivity contribution in [3.8, 4) is 5.75 Å². The van der Waals surface area contributed by atoms with Crippen LogP contribution in [0.5, 0.6) is 5.75 Å². The van der Waals surface area contributed by atoms with E-state index in [0.717, 1.165) is 6.26 Å². The van der Waals surface area contributed by atoms with E-state index in [4.69, 9.17) is 4.74 Å². The number of nitrogens with zero attached hydrogens (tertiary/aromatic N) is 1. The molecule has 1 amide bonds. The smallest absolute Gasteiger partial charge is 0.226 e. The van der Waals surface area contributed by atoms with Gasteiger partial charge in [0.25, 0.3) is 0 Å². The zero-order valence-corrected chi connectivity index (χ0v) is 14.6. The number of carbonyl (C=O) groups is 1. The van der Waals surface area contributed by atoms with E-state index in [-0.39, 0.29) is 17.4 Å². The van der Waals surface area contributed by atoms with Crippen LogP contribution in [-0.4, -0.2) is 57.3 Å². The van der Waals surface area contributed by atoms with Gasteiger partial charge in [0.15, 0.2) is 9.84 Å². The predicted molar refractivity (Wildman–Crippen MR) is 88.3 cm³/mol. The van der Waals surface area contributed by atoms with Gasteiger partial charge in [-0.3, -0.25) is 4.79 Å². The Hall–Kier alpha value is -1.60. The molecule has 2 rings (SSSR count). The van der Waals surface area contributed by atoms with Crippen LogP contribution >= 0.6 is 0 Å². The lowest BCUT2D eigenvalue weighted by Crippen LogP contribution is -2.56. The normalized spacial score (nSPS) is 22.0. The molecule has 1 aromatic rings. The highest BCUT2D eigenvalue weighted by molar-refractivity contribution is 7.90. The Balaban J connectivity index is 1.81. The second kappa shape index (κ2) is 7.31. The van der Waals surface area contributed by atoms with E-state index < -0.39 is 9.84 Å². The van der Waals surface area contributed by atoms with Gasteiger partial charge in [0, 0.05) is 31.4 Å². The average Bonchev–Trinajstić information content (AvgIpc) is 2.45. The Morgan fingerprint density at radius 2 is 1.78 bits per heavy atom. The maximum absolute atomic E-state index is 12.2. The molecule has 1 heterocycles. The summed E-state index contributed by atoms with van der Waals surface area (Å²) in [6.07, 6.45) is 1.48. The van der Waals surface area contributed by atoms with E-state index in [1.807, 2.05) is 4.90 Å². The SMILES string of the molecule is C[C@@H]1CN(C(=O)CCOc2ccc(S(C)(=O)=O)cc2)C[C@@H](C)N1. The molecule has 1 saturated heterocycles. The minimum atomic E-state index is -3.20. The fraction of sp³-hybridized carbons (Fsp3) is 0.562. The quantitative estimate of drug-likeness (QED) is 0.868. The molecule has 0 spiro atoms. The van der Waals surface area contributed by atoms with Crippen molar-refractivity contribution in [1.82, 2.24) is 10.2 Å². The van der Waals surface area contributed by atoms with E-state index in [2.05, 4.69) is 19.2 Å². The lowest BCUT2D eigenvalue weighted by atomic mass is 10.1. The second-order valence-electron chi connectivity index (χ2n) is 6.11. The van der Waals surface area contributed by atoms with Crippen molar-refractivity contribution in [3.05, 3.63) is 24.3 Å². The largest absolute Gasteiger partial charge is 0.493 e. The standard InChI is InChI=1S/C16H24N2O4S/c1-12-10-18(11-13(2)17-12)16(19)8-9-22-14-4-6-15(7-5-14)23(3,20)21/h4-7,12-13,17H,8-11H2,1-3H3/t12-,13-/m1/s1. The van der Waals surface area contributed by atoms with Crippen molar-refractivity contribution in [2.24, 2.45) is 0 Å². The number of hydrogen-bond acceptors (Lipinski definition) is 5. The summed E-state index contributed by atoms with van der Waals surface area (Å²) in [5.41, 5.74) is 0. The van der Waals surface area contributed by atoms with Crippen molar-refractivity contribution >= 4 is 15.7 Å². The highest BCUT2D eigenvalue weighted by Crippen LogP contribution is 2.16. The van der Waals surface area contributed by atoms with Gasteiger partial charge >= 0.3 is 0 Å². The molecule has 1 aliphatic rings. The topological polar surface area (TPSA) is 75.7 Å². The molecular formula is C16H24N2O4S. The molecule has 2 atom stereocenters. The van der Waals surface area contributed by atoms with Crippen molar-refractivity contribution in [2.45, 2.75) is 37.2 Å². The number of carbonyl (C=O) groups excluding carboxylic acids is 1. The van der Waals surface area contributed by atoms with Gasteiger partial charge in [0.1, 0.15) is 5.75 Å². The van der Waals surface area contributed by atoms with E-state index in [0.29, 0.717) is 37.3 Å². The van der Waals surface area contributed by atoms with Crippen LogP contribution in [0.4, 0.5) is 0 Å².